The molecule has 0 bridgehead atoms. The van der Waals surface area contributed by atoms with Crippen molar-refractivity contribution in [2.75, 3.05) is 19.0 Å². The average Bonchev–Trinajstić information content (AvgIpc) is 3.73. The van der Waals surface area contributed by atoms with E-state index in [0.29, 0.717) is 24.9 Å². The summed E-state index contributed by atoms with van der Waals surface area (Å²) >= 11 is 0. The second-order valence-corrected chi connectivity index (χ2v) is 12.0. The van der Waals surface area contributed by atoms with Crippen molar-refractivity contribution < 1.29 is 4.74 Å². The third kappa shape index (κ3) is 8.15. The van der Waals surface area contributed by atoms with Crippen LogP contribution in [0.5, 0.6) is 0 Å². The van der Waals surface area contributed by atoms with Crippen LogP contribution < -0.4 is 5.32 Å². The molecule has 0 aliphatic heterocycles. The number of ether oxygens (including phenoxy) is 1. The maximum absolute atomic E-state index is 7.39. The highest BCUT2D eigenvalue weighted by Gasteiger charge is 2.41. The molecule has 0 radical (unpaired) electrons. The van der Waals surface area contributed by atoms with Crippen LogP contribution in [-0.4, -0.2) is 40.9 Å². The van der Waals surface area contributed by atoms with Crippen LogP contribution in [0.1, 0.15) is 112 Å². The summed E-state index contributed by atoms with van der Waals surface area (Å²) in [6, 6.07) is 2.09. The predicted octanol–water partition coefficient (Wildman–Crippen LogP) is 7.71. The van der Waals surface area contributed by atoms with Gasteiger partial charge in [-0.15, -0.1) is 0 Å². The fourth-order valence-corrected chi connectivity index (χ4v) is 6.81. The van der Waals surface area contributed by atoms with Gasteiger partial charge in [-0.3, -0.25) is 4.98 Å². The number of nitrogens with zero attached hydrogens (tertiary/aromatic N) is 4. The van der Waals surface area contributed by atoms with E-state index in [0.717, 1.165) is 36.3 Å². The Morgan fingerprint density at radius 1 is 1.10 bits per heavy atom. The zero-order chi connectivity index (χ0) is 28.3. The molecule has 4 rings (SSSR count). The van der Waals surface area contributed by atoms with Crippen LogP contribution in [0.3, 0.4) is 0 Å². The van der Waals surface area contributed by atoms with Crippen molar-refractivity contribution in [3.63, 3.8) is 0 Å². The lowest BCUT2D eigenvalue weighted by molar-refractivity contribution is 0.184. The Kier molecular flexibility index (Phi) is 11.6. The Labute approximate surface area is 240 Å². The molecule has 218 valence electrons. The van der Waals surface area contributed by atoms with E-state index in [-0.39, 0.29) is 12.0 Å². The van der Waals surface area contributed by atoms with E-state index in [4.69, 9.17) is 20.7 Å². The minimum absolute atomic E-state index is 0.0232. The molecule has 2 fully saturated rings. The number of nitrogens with one attached hydrogen (secondary N) is 3. The maximum Gasteiger partial charge on any atom is 0.222 e. The van der Waals surface area contributed by atoms with Crippen molar-refractivity contribution in [1.29, 1.82) is 10.9 Å². The smallest absolute Gasteiger partial charge is 0.222 e. The second-order valence-electron chi connectivity index (χ2n) is 12.0. The quantitative estimate of drug-likeness (QED) is 0.165. The van der Waals surface area contributed by atoms with E-state index >= 15 is 0 Å². The fraction of sp³-hybridized carbons (Fsp3) is 0.688. The van der Waals surface area contributed by atoms with Crippen molar-refractivity contribution in [2.45, 2.75) is 109 Å². The lowest BCUT2D eigenvalue weighted by Gasteiger charge is -2.19. The van der Waals surface area contributed by atoms with Crippen molar-refractivity contribution >= 4 is 12.2 Å². The summed E-state index contributed by atoms with van der Waals surface area (Å²) in [6.07, 6.45) is 20.3. The molecule has 2 saturated carbocycles. The van der Waals surface area contributed by atoms with Crippen LogP contribution in [0.25, 0.3) is 0 Å². The molecule has 0 saturated heterocycles. The Balaban J connectivity index is 1.21. The molecular formula is C32H49N7O. The minimum Gasteiger partial charge on any atom is -0.380 e. The molecule has 0 aromatic carbocycles. The number of methoxy groups -OCH3 is 1. The molecule has 2 heterocycles. The largest absolute Gasteiger partial charge is 0.380 e. The van der Waals surface area contributed by atoms with Crippen molar-refractivity contribution in [2.24, 2.45) is 22.9 Å². The number of rotatable bonds is 14. The van der Waals surface area contributed by atoms with Gasteiger partial charge in [0.25, 0.3) is 0 Å². The molecule has 0 amide bonds. The van der Waals surface area contributed by atoms with E-state index in [1.165, 1.54) is 80.8 Å². The molecule has 2 aliphatic carbocycles. The fourth-order valence-electron chi connectivity index (χ4n) is 6.81. The molecule has 6 unspecified atom stereocenters. The van der Waals surface area contributed by atoms with Gasteiger partial charge in [-0.25, -0.2) is 15.5 Å². The number of pyridine rings is 1. The van der Waals surface area contributed by atoms with Crippen molar-refractivity contribution in [1.82, 2.24) is 15.0 Å². The summed E-state index contributed by atoms with van der Waals surface area (Å²) in [6.45, 7) is 5.82. The van der Waals surface area contributed by atoms with Crippen LogP contribution in [-0.2, 0) is 17.8 Å². The van der Waals surface area contributed by atoms with Gasteiger partial charge in [-0.2, -0.15) is 5.11 Å². The number of aromatic nitrogens is 3. The van der Waals surface area contributed by atoms with Gasteiger partial charge in [-0.05, 0) is 72.8 Å². The highest BCUT2D eigenvalue weighted by atomic mass is 16.5. The summed E-state index contributed by atoms with van der Waals surface area (Å²) in [4.78, 5) is 13.9. The first kappa shape index (κ1) is 30.2. The molecule has 2 aliphatic rings. The Hall–Kier alpha value is -2.74. The Bertz CT molecular complexity index is 1080. The van der Waals surface area contributed by atoms with E-state index in [2.05, 4.69) is 33.4 Å². The summed E-state index contributed by atoms with van der Waals surface area (Å²) in [5.74, 6) is 3.88. The van der Waals surface area contributed by atoms with Gasteiger partial charge in [0.2, 0.25) is 5.95 Å². The van der Waals surface area contributed by atoms with Crippen LogP contribution >= 0.6 is 0 Å². The molecule has 40 heavy (non-hydrogen) atoms. The van der Waals surface area contributed by atoms with Crippen LogP contribution in [0.2, 0.25) is 0 Å². The zero-order valence-electron chi connectivity index (χ0n) is 24.7. The summed E-state index contributed by atoms with van der Waals surface area (Å²) in [5.41, 5.74) is 12.3. The summed E-state index contributed by atoms with van der Waals surface area (Å²) < 4.78 is 5.33. The first-order valence-corrected chi connectivity index (χ1v) is 15.5. The highest BCUT2D eigenvalue weighted by molar-refractivity contribution is 5.54. The predicted molar refractivity (Wildman–Crippen MR) is 160 cm³/mol. The maximum atomic E-state index is 7.39. The van der Waals surface area contributed by atoms with Crippen LogP contribution in [0.15, 0.2) is 29.8 Å². The van der Waals surface area contributed by atoms with E-state index in [9.17, 15) is 0 Å². The van der Waals surface area contributed by atoms with Gasteiger partial charge in [-0.1, -0.05) is 52.0 Å². The Morgan fingerprint density at radius 2 is 1.85 bits per heavy atom. The lowest BCUT2D eigenvalue weighted by atomic mass is 9.88. The monoisotopic (exact) mass is 547 g/mol. The standard InChI is InChI=1S/C32H49N7O/c1-4-24-16-23(21-40-3)18-36-31(24)26-9-6-5-8-25(10-7-11-26)29-17-27(29)13-15-35-32-37-19-28(20-38-32)22(2)30(39-34)12-14-33/h14,16,18-20,22,25-27,29-30,33-34H,4-13,15,17,21H2,1-3H3,(H,35,37,38). The van der Waals surface area contributed by atoms with Gasteiger partial charge >= 0.3 is 0 Å². The number of hydrogen-bond acceptors (Lipinski definition) is 8. The van der Waals surface area contributed by atoms with Gasteiger partial charge in [0.05, 0.1) is 12.6 Å². The minimum atomic E-state index is -0.228. The molecule has 6 atom stereocenters. The molecule has 0 spiro atoms. The zero-order valence-corrected chi connectivity index (χ0v) is 24.7. The topological polar surface area (TPSA) is 120 Å². The third-order valence-electron chi connectivity index (χ3n) is 9.32. The number of anilines is 1. The van der Waals surface area contributed by atoms with E-state index in [1.54, 1.807) is 7.11 Å². The molecule has 8 nitrogen and oxygen atoms in total. The molecule has 2 aromatic heterocycles. The first-order chi connectivity index (χ1) is 19.6. The van der Waals surface area contributed by atoms with Gasteiger partial charge in [0.15, 0.2) is 0 Å². The van der Waals surface area contributed by atoms with E-state index in [1.807, 2.05) is 25.5 Å². The average molecular weight is 548 g/mol. The lowest BCUT2D eigenvalue weighted by Crippen LogP contribution is -2.15. The SMILES string of the molecule is CCc1cc(COC)cnc1C1CCCCC(C2CC2CCNc2ncc(C(C)C(CC=N)N=N)cn2)CCC1. The number of aryl methyl sites for hydroxylation is 1. The van der Waals surface area contributed by atoms with Crippen LogP contribution in [0.4, 0.5) is 5.95 Å². The Morgan fingerprint density at radius 3 is 2.58 bits per heavy atom. The molecule has 3 N–H and O–H groups in total. The molecular weight excluding hydrogens is 498 g/mol. The highest BCUT2D eigenvalue weighted by Crippen LogP contribution is 2.50. The summed E-state index contributed by atoms with van der Waals surface area (Å²) in [7, 11) is 1.75. The van der Waals surface area contributed by atoms with Gasteiger partial charge in [0.1, 0.15) is 0 Å². The van der Waals surface area contributed by atoms with Crippen molar-refractivity contribution in [3.05, 3.63) is 47.0 Å². The van der Waals surface area contributed by atoms with Crippen molar-refractivity contribution in [3.8, 4) is 0 Å². The van der Waals surface area contributed by atoms with Crippen LogP contribution in [0, 0.1) is 28.7 Å². The summed E-state index contributed by atoms with van der Waals surface area (Å²) in [5, 5.41) is 14.4. The molecule has 8 heteroatoms. The normalized spacial score (nSPS) is 24.7. The molecule has 2 aromatic rings. The first-order valence-electron chi connectivity index (χ1n) is 15.5. The number of hydrogen-bond donors (Lipinski definition) is 3. The van der Waals surface area contributed by atoms with Gasteiger partial charge < -0.3 is 15.5 Å². The third-order valence-corrected chi connectivity index (χ3v) is 9.32. The van der Waals surface area contributed by atoms with E-state index < -0.39 is 0 Å². The van der Waals surface area contributed by atoms with Gasteiger partial charge in [0, 0.05) is 56.2 Å². The second kappa shape index (κ2) is 15.3.